The van der Waals surface area contributed by atoms with Crippen molar-refractivity contribution in [3.05, 3.63) is 34.0 Å². The quantitative estimate of drug-likeness (QED) is 0.629. The molecule has 1 aliphatic rings. The Labute approximate surface area is 146 Å². The van der Waals surface area contributed by atoms with Gasteiger partial charge < -0.3 is 10.4 Å². The Morgan fingerprint density at radius 2 is 2.04 bits per heavy atom. The number of nitrogens with zero attached hydrogens (tertiary/aromatic N) is 5. The van der Waals surface area contributed by atoms with Crippen LogP contribution >= 0.6 is 22.6 Å². The van der Waals surface area contributed by atoms with Gasteiger partial charge in [-0.15, -0.1) is 5.10 Å². The van der Waals surface area contributed by atoms with E-state index in [1.165, 1.54) is 0 Å². The summed E-state index contributed by atoms with van der Waals surface area (Å²) in [6, 6.07) is 8.22. The maximum absolute atomic E-state index is 9.63. The van der Waals surface area contributed by atoms with Gasteiger partial charge in [0.25, 0.3) is 0 Å². The molecule has 0 bridgehead atoms. The Kier molecular flexibility index (Phi) is 3.85. The van der Waals surface area contributed by atoms with Gasteiger partial charge in [-0.1, -0.05) is 5.21 Å². The van der Waals surface area contributed by atoms with E-state index in [0.717, 1.165) is 28.5 Å². The fourth-order valence-corrected chi connectivity index (χ4v) is 3.18. The third-order valence-corrected chi connectivity index (χ3v) is 4.72. The standard InChI is InChI=1S/C15H15IN6O/c16-9-1-4-11(5-2-9)22-14-13(20-21-22)8-17-15(19-14)18-10-3-6-12(23)7-10/h1-2,4-5,8,10,12,23H,3,6-7H2,(H,17,18,19)/t10-,12-/m1/s1. The topological polar surface area (TPSA) is 88.8 Å². The molecule has 8 heteroatoms. The van der Waals surface area contributed by atoms with Crippen molar-refractivity contribution in [2.24, 2.45) is 0 Å². The van der Waals surface area contributed by atoms with Crippen molar-refractivity contribution in [1.82, 2.24) is 25.0 Å². The minimum Gasteiger partial charge on any atom is -0.393 e. The molecule has 4 rings (SSSR count). The van der Waals surface area contributed by atoms with Gasteiger partial charge in [-0.3, -0.25) is 0 Å². The van der Waals surface area contributed by atoms with E-state index in [-0.39, 0.29) is 12.1 Å². The molecular weight excluding hydrogens is 407 g/mol. The number of aromatic nitrogens is 5. The van der Waals surface area contributed by atoms with E-state index in [4.69, 9.17) is 0 Å². The SMILES string of the molecule is O[C@@H]1CC[C@@H](Nc2ncc3nnn(-c4ccc(I)cc4)c3n2)C1. The van der Waals surface area contributed by atoms with Crippen LogP contribution in [-0.2, 0) is 0 Å². The molecule has 2 aromatic heterocycles. The number of rotatable bonds is 3. The predicted octanol–water partition coefficient (Wildman–Crippen LogP) is 2.14. The van der Waals surface area contributed by atoms with Crippen LogP contribution in [0.5, 0.6) is 0 Å². The summed E-state index contributed by atoms with van der Waals surface area (Å²) in [6.45, 7) is 0. The lowest BCUT2D eigenvalue weighted by Gasteiger charge is -2.11. The number of anilines is 1. The maximum atomic E-state index is 9.63. The summed E-state index contributed by atoms with van der Waals surface area (Å²) in [6.07, 6.45) is 3.93. The van der Waals surface area contributed by atoms with Crippen molar-refractivity contribution >= 4 is 39.7 Å². The van der Waals surface area contributed by atoms with Crippen LogP contribution in [0.4, 0.5) is 5.95 Å². The number of fused-ring (bicyclic) bond motifs is 1. The monoisotopic (exact) mass is 422 g/mol. The first-order valence-corrected chi connectivity index (χ1v) is 8.56. The first kappa shape index (κ1) is 14.8. The Hall–Kier alpha value is -1.81. The summed E-state index contributed by atoms with van der Waals surface area (Å²) in [5.41, 5.74) is 2.23. The van der Waals surface area contributed by atoms with E-state index in [0.29, 0.717) is 17.1 Å². The fraction of sp³-hybridized carbons (Fsp3) is 0.333. The van der Waals surface area contributed by atoms with Gasteiger partial charge in [-0.2, -0.15) is 9.67 Å². The van der Waals surface area contributed by atoms with Gasteiger partial charge in [0.2, 0.25) is 5.95 Å². The molecule has 1 fully saturated rings. The molecule has 23 heavy (non-hydrogen) atoms. The minimum atomic E-state index is -0.227. The number of hydrogen-bond acceptors (Lipinski definition) is 6. The largest absolute Gasteiger partial charge is 0.393 e. The molecule has 1 aliphatic carbocycles. The van der Waals surface area contributed by atoms with Crippen LogP contribution < -0.4 is 5.32 Å². The Morgan fingerprint density at radius 1 is 1.22 bits per heavy atom. The minimum absolute atomic E-state index is 0.213. The zero-order valence-electron chi connectivity index (χ0n) is 12.2. The maximum Gasteiger partial charge on any atom is 0.225 e. The summed E-state index contributed by atoms with van der Waals surface area (Å²) < 4.78 is 2.87. The molecule has 0 radical (unpaired) electrons. The van der Waals surface area contributed by atoms with Gasteiger partial charge in [0.15, 0.2) is 11.2 Å². The highest BCUT2D eigenvalue weighted by atomic mass is 127. The van der Waals surface area contributed by atoms with E-state index < -0.39 is 0 Å². The molecule has 0 unspecified atom stereocenters. The van der Waals surface area contributed by atoms with Crippen LogP contribution in [0.15, 0.2) is 30.5 Å². The van der Waals surface area contributed by atoms with Gasteiger partial charge in [0, 0.05) is 9.61 Å². The molecule has 0 amide bonds. The third-order valence-electron chi connectivity index (χ3n) is 4.00. The van der Waals surface area contributed by atoms with Crippen LogP contribution in [-0.4, -0.2) is 42.2 Å². The third kappa shape index (κ3) is 3.00. The van der Waals surface area contributed by atoms with E-state index in [1.54, 1.807) is 10.9 Å². The molecule has 7 nitrogen and oxygen atoms in total. The zero-order chi connectivity index (χ0) is 15.8. The lowest BCUT2D eigenvalue weighted by Crippen LogP contribution is -2.18. The summed E-state index contributed by atoms with van der Waals surface area (Å²) in [7, 11) is 0. The first-order valence-electron chi connectivity index (χ1n) is 7.48. The Morgan fingerprint density at radius 3 is 2.78 bits per heavy atom. The molecule has 118 valence electrons. The highest BCUT2D eigenvalue weighted by Crippen LogP contribution is 2.22. The van der Waals surface area contributed by atoms with Crippen LogP contribution in [0.25, 0.3) is 16.9 Å². The second-order valence-electron chi connectivity index (χ2n) is 5.69. The molecule has 2 heterocycles. The number of nitrogens with one attached hydrogen (secondary N) is 1. The predicted molar refractivity (Wildman–Crippen MR) is 94.4 cm³/mol. The van der Waals surface area contributed by atoms with E-state index in [2.05, 4.69) is 48.2 Å². The van der Waals surface area contributed by atoms with Crippen molar-refractivity contribution in [3.8, 4) is 5.69 Å². The molecule has 0 aliphatic heterocycles. The second kappa shape index (κ2) is 6.00. The number of aliphatic hydroxyl groups is 1. The van der Waals surface area contributed by atoms with Crippen LogP contribution in [0.3, 0.4) is 0 Å². The van der Waals surface area contributed by atoms with E-state index in [9.17, 15) is 5.11 Å². The molecular formula is C15H15IN6O. The van der Waals surface area contributed by atoms with Crippen molar-refractivity contribution < 1.29 is 5.11 Å². The van der Waals surface area contributed by atoms with Crippen LogP contribution in [0.1, 0.15) is 19.3 Å². The molecule has 0 spiro atoms. The number of halogens is 1. The summed E-state index contributed by atoms with van der Waals surface area (Å²) in [5, 5.41) is 21.2. The van der Waals surface area contributed by atoms with Gasteiger partial charge in [-0.25, -0.2) is 4.98 Å². The summed E-state index contributed by atoms with van der Waals surface area (Å²) in [5.74, 6) is 0.547. The number of hydrogen-bond donors (Lipinski definition) is 2. The van der Waals surface area contributed by atoms with Gasteiger partial charge in [0.05, 0.1) is 18.0 Å². The van der Waals surface area contributed by atoms with Crippen molar-refractivity contribution in [3.63, 3.8) is 0 Å². The van der Waals surface area contributed by atoms with E-state index in [1.807, 2.05) is 24.3 Å². The van der Waals surface area contributed by atoms with Crippen LogP contribution in [0, 0.1) is 3.57 Å². The molecule has 1 saturated carbocycles. The normalized spacial score (nSPS) is 21.0. The summed E-state index contributed by atoms with van der Waals surface area (Å²) >= 11 is 2.27. The van der Waals surface area contributed by atoms with Crippen molar-refractivity contribution in [2.45, 2.75) is 31.4 Å². The highest BCUT2D eigenvalue weighted by molar-refractivity contribution is 14.1. The highest BCUT2D eigenvalue weighted by Gasteiger charge is 2.23. The van der Waals surface area contributed by atoms with Crippen molar-refractivity contribution in [1.29, 1.82) is 0 Å². The number of aliphatic hydroxyl groups excluding tert-OH is 1. The smallest absolute Gasteiger partial charge is 0.225 e. The number of benzene rings is 1. The zero-order valence-corrected chi connectivity index (χ0v) is 14.4. The second-order valence-corrected chi connectivity index (χ2v) is 6.93. The van der Waals surface area contributed by atoms with Crippen molar-refractivity contribution in [2.75, 3.05) is 5.32 Å². The molecule has 0 saturated heterocycles. The first-order chi connectivity index (χ1) is 11.2. The fourth-order valence-electron chi connectivity index (χ4n) is 2.83. The van der Waals surface area contributed by atoms with Crippen LogP contribution in [0.2, 0.25) is 0 Å². The lowest BCUT2D eigenvalue weighted by molar-refractivity contribution is 0.182. The van der Waals surface area contributed by atoms with E-state index >= 15 is 0 Å². The molecule has 1 aromatic carbocycles. The Bertz CT molecular complexity index is 834. The summed E-state index contributed by atoms with van der Waals surface area (Å²) in [4.78, 5) is 8.85. The molecule has 2 N–H and O–H groups in total. The lowest BCUT2D eigenvalue weighted by atomic mass is 10.2. The molecule has 2 atom stereocenters. The van der Waals surface area contributed by atoms with Gasteiger partial charge >= 0.3 is 0 Å². The average Bonchev–Trinajstić information content (AvgIpc) is 3.14. The van der Waals surface area contributed by atoms with Gasteiger partial charge in [-0.05, 0) is 66.1 Å². The molecule has 3 aromatic rings. The average molecular weight is 422 g/mol. The Balaban J connectivity index is 1.67. The van der Waals surface area contributed by atoms with Gasteiger partial charge in [0.1, 0.15) is 0 Å².